The van der Waals surface area contributed by atoms with Gasteiger partial charge in [0.05, 0.1) is 13.2 Å². The summed E-state index contributed by atoms with van der Waals surface area (Å²) in [6.07, 6.45) is 2.26. The molecule has 0 bridgehead atoms. The first-order valence-corrected chi connectivity index (χ1v) is 8.39. The Labute approximate surface area is 139 Å². The molecule has 0 radical (unpaired) electrons. The van der Waals surface area contributed by atoms with Gasteiger partial charge in [-0.2, -0.15) is 0 Å². The molecule has 0 aromatic heterocycles. The summed E-state index contributed by atoms with van der Waals surface area (Å²) in [5, 5.41) is 15.8. The zero-order valence-electron chi connectivity index (χ0n) is 14.7. The van der Waals surface area contributed by atoms with Crippen molar-refractivity contribution < 1.29 is 9.50 Å². The molecule has 1 rings (SSSR count). The summed E-state index contributed by atoms with van der Waals surface area (Å²) in [6.45, 7) is 9.55. The Bertz CT molecular complexity index is 503. The Morgan fingerprint density at radius 3 is 2.61 bits per heavy atom. The molecule has 0 heterocycles. The molecule has 0 saturated heterocycles. The Balaban J connectivity index is 2.67. The van der Waals surface area contributed by atoms with Gasteiger partial charge in [-0.05, 0) is 50.3 Å². The summed E-state index contributed by atoms with van der Waals surface area (Å²) in [4.78, 5) is 4.55. The van der Waals surface area contributed by atoms with E-state index in [0.717, 1.165) is 24.5 Å². The molecule has 0 saturated carbocycles. The predicted octanol–water partition coefficient (Wildman–Crippen LogP) is 3.20. The summed E-state index contributed by atoms with van der Waals surface area (Å²) in [7, 11) is 0. The molecule has 0 aliphatic rings. The summed E-state index contributed by atoms with van der Waals surface area (Å²) in [5.74, 6) is 1.07. The normalized spacial score (nSPS) is 13.3. The maximum Gasteiger partial charge on any atom is 0.191 e. The van der Waals surface area contributed by atoms with Crippen molar-refractivity contribution in [2.24, 2.45) is 10.9 Å². The minimum absolute atomic E-state index is 0.298. The largest absolute Gasteiger partial charge is 0.392 e. The SMILES string of the molecule is CCNC(=NCc1ccc(F)c(CO)c1)NC(C)CCC(C)C. The van der Waals surface area contributed by atoms with E-state index in [4.69, 9.17) is 5.11 Å². The lowest BCUT2D eigenvalue weighted by Crippen LogP contribution is -2.42. The number of nitrogens with one attached hydrogen (secondary N) is 2. The van der Waals surface area contributed by atoms with Crippen molar-refractivity contribution in [3.05, 3.63) is 35.1 Å². The van der Waals surface area contributed by atoms with Gasteiger partial charge in [0, 0.05) is 18.2 Å². The minimum atomic E-state index is -0.382. The number of halogens is 1. The molecule has 0 aliphatic carbocycles. The van der Waals surface area contributed by atoms with Crippen LogP contribution in [0.25, 0.3) is 0 Å². The number of benzene rings is 1. The fraction of sp³-hybridized carbons (Fsp3) is 0.611. The number of aliphatic imine (C=N–C) groups is 1. The number of aliphatic hydroxyl groups is 1. The maximum atomic E-state index is 13.4. The summed E-state index contributed by atoms with van der Waals surface area (Å²) >= 11 is 0. The minimum Gasteiger partial charge on any atom is -0.392 e. The quantitative estimate of drug-likeness (QED) is 0.509. The highest BCUT2D eigenvalue weighted by molar-refractivity contribution is 5.80. The van der Waals surface area contributed by atoms with Gasteiger partial charge in [-0.25, -0.2) is 9.38 Å². The second-order valence-electron chi connectivity index (χ2n) is 6.30. The van der Waals surface area contributed by atoms with Crippen LogP contribution in [0.1, 0.15) is 51.7 Å². The van der Waals surface area contributed by atoms with Crippen molar-refractivity contribution >= 4 is 5.96 Å². The molecule has 4 nitrogen and oxygen atoms in total. The second-order valence-corrected chi connectivity index (χ2v) is 6.30. The standard InChI is InChI=1S/C18H30FN3O/c1-5-20-18(22-14(4)7-6-13(2)3)21-11-15-8-9-17(19)16(10-15)12-23/h8-10,13-14,23H,5-7,11-12H2,1-4H3,(H2,20,21,22). The van der Waals surface area contributed by atoms with Gasteiger partial charge >= 0.3 is 0 Å². The summed E-state index contributed by atoms with van der Waals surface area (Å²) in [5.41, 5.74) is 1.18. The first kappa shape index (κ1) is 19.4. The lowest BCUT2D eigenvalue weighted by Gasteiger charge is -2.18. The molecule has 0 amide bonds. The van der Waals surface area contributed by atoms with Crippen molar-refractivity contribution in [3.8, 4) is 0 Å². The number of guanidine groups is 1. The smallest absolute Gasteiger partial charge is 0.191 e. The van der Waals surface area contributed by atoms with Gasteiger partial charge in [0.1, 0.15) is 5.82 Å². The van der Waals surface area contributed by atoms with Crippen LogP contribution in [0.3, 0.4) is 0 Å². The fourth-order valence-corrected chi connectivity index (χ4v) is 2.23. The number of hydrogen-bond acceptors (Lipinski definition) is 2. The van der Waals surface area contributed by atoms with Gasteiger partial charge in [-0.15, -0.1) is 0 Å². The van der Waals surface area contributed by atoms with E-state index in [2.05, 4.69) is 36.4 Å². The Kier molecular flexibility index (Phi) is 8.62. The zero-order chi connectivity index (χ0) is 17.2. The van der Waals surface area contributed by atoms with Gasteiger partial charge in [-0.3, -0.25) is 0 Å². The predicted molar refractivity (Wildman–Crippen MR) is 93.8 cm³/mol. The van der Waals surface area contributed by atoms with Crippen molar-refractivity contribution in [2.45, 2.75) is 59.7 Å². The van der Waals surface area contributed by atoms with E-state index in [0.29, 0.717) is 24.1 Å². The zero-order valence-corrected chi connectivity index (χ0v) is 14.7. The van der Waals surface area contributed by atoms with Crippen LogP contribution in [0.15, 0.2) is 23.2 Å². The summed E-state index contributed by atoms with van der Waals surface area (Å²) in [6, 6.07) is 5.08. The highest BCUT2D eigenvalue weighted by Gasteiger charge is 2.07. The Hall–Kier alpha value is -1.62. The average Bonchev–Trinajstić information content (AvgIpc) is 2.52. The Morgan fingerprint density at radius 2 is 2.00 bits per heavy atom. The maximum absolute atomic E-state index is 13.4. The third kappa shape index (κ3) is 7.46. The fourth-order valence-electron chi connectivity index (χ4n) is 2.23. The van der Waals surface area contributed by atoms with Crippen LogP contribution in [0.2, 0.25) is 0 Å². The summed E-state index contributed by atoms with van der Waals surface area (Å²) < 4.78 is 13.4. The molecule has 5 heteroatoms. The van der Waals surface area contributed by atoms with Crippen molar-refractivity contribution in [1.29, 1.82) is 0 Å². The van der Waals surface area contributed by atoms with E-state index >= 15 is 0 Å². The van der Waals surface area contributed by atoms with Gasteiger partial charge in [-0.1, -0.05) is 19.9 Å². The topological polar surface area (TPSA) is 56.7 Å². The third-order valence-electron chi connectivity index (χ3n) is 3.60. The molecule has 0 fully saturated rings. The van der Waals surface area contributed by atoms with Gasteiger partial charge < -0.3 is 15.7 Å². The molecular formula is C18H30FN3O. The van der Waals surface area contributed by atoms with Crippen LogP contribution in [-0.4, -0.2) is 23.7 Å². The molecule has 130 valence electrons. The molecule has 3 N–H and O–H groups in total. The van der Waals surface area contributed by atoms with E-state index in [1.807, 2.05) is 6.92 Å². The highest BCUT2D eigenvalue weighted by atomic mass is 19.1. The molecule has 23 heavy (non-hydrogen) atoms. The first-order valence-electron chi connectivity index (χ1n) is 8.39. The lowest BCUT2D eigenvalue weighted by atomic mass is 10.0. The van der Waals surface area contributed by atoms with E-state index in [1.165, 1.54) is 12.5 Å². The number of nitrogens with zero attached hydrogens (tertiary/aromatic N) is 1. The van der Waals surface area contributed by atoms with Crippen molar-refractivity contribution in [1.82, 2.24) is 10.6 Å². The van der Waals surface area contributed by atoms with Crippen LogP contribution >= 0.6 is 0 Å². The number of hydrogen-bond donors (Lipinski definition) is 3. The number of rotatable bonds is 8. The molecular weight excluding hydrogens is 293 g/mol. The van der Waals surface area contributed by atoms with Gasteiger partial charge in [0.25, 0.3) is 0 Å². The van der Waals surface area contributed by atoms with Gasteiger partial charge in [0.2, 0.25) is 0 Å². The molecule has 0 spiro atoms. The molecule has 1 aromatic rings. The molecule has 1 unspecified atom stereocenters. The average molecular weight is 323 g/mol. The van der Waals surface area contributed by atoms with Crippen LogP contribution in [0.4, 0.5) is 4.39 Å². The van der Waals surface area contributed by atoms with E-state index in [9.17, 15) is 4.39 Å². The van der Waals surface area contributed by atoms with Crippen molar-refractivity contribution in [3.63, 3.8) is 0 Å². The molecule has 1 aromatic carbocycles. The molecule has 0 aliphatic heterocycles. The molecule has 1 atom stereocenters. The number of aliphatic hydroxyl groups excluding tert-OH is 1. The van der Waals surface area contributed by atoms with E-state index in [-0.39, 0.29) is 12.4 Å². The Morgan fingerprint density at radius 1 is 1.26 bits per heavy atom. The lowest BCUT2D eigenvalue weighted by molar-refractivity contribution is 0.275. The van der Waals surface area contributed by atoms with E-state index in [1.54, 1.807) is 12.1 Å². The van der Waals surface area contributed by atoms with Crippen LogP contribution in [-0.2, 0) is 13.2 Å². The monoisotopic (exact) mass is 323 g/mol. The highest BCUT2D eigenvalue weighted by Crippen LogP contribution is 2.11. The third-order valence-corrected chi connectivity index (χ3v) is 3.60. The van der Waals surface area contributed by atoms with Crippen molar-refractivity contribution in [2.75, 3.05) is 6.54 Å². The van der Waals surface area contributed by atoms with E-state index < -0.39 is 0 Å². The second kappa shape index (κ2) is 10.2. The van der Waals surface area contributed by atoms with Crippen LogP contribution in [0, 0.1) is 11.7 Å². The van der Waals surface area contributed by atoms with Crippen LogP contribution in [0.5, 0.6) is 0 Å². The first-order chi connectivity index (χ1) is 11.0. The van der Waals surface area contributed by atoms with Crippen LogP contribution < -0.4 is 10.6 Å². The van der Waals surface area contributed by atoms with Gasteiger partial charge in [0.15, 0.2) is 5.96 Å².